The summed E-state index contributed by atoms with van der Waals surface area (Å²) in [5.41, 5.74) is 1.34. The van der Waals surface area contributed by atoms with Crippen molar-refractivity contribution in [2.45, 2.75) is 26.2 Å². The minimum Gasteiger partial charge on any atom is -0.256 e. The Morgan fingerprint density at radius 1 is 1.06 bits per heavy atom. The molecule has 0 spiro atoms. The van der Waals surface area contributed by atoms with Crippen molar-refractivity contribution in [2.24, 2.45) is 0 Å². The second kappa shape index (κ2) is 3.51. The first-order chi connectivity index (χ1) is 7.39. The van der Waals surface area contributed by atoms with Crippen LogP contribution in [-0.4, -0.2) is 4.98 Å². The maximum atomic E-state index is 13.2. The van der Waals surface area contributed by atoms with E-state index in [0.29, 0.717) is 10.9 Å². The number of hydrogen-bond acceptors (Lipinski definition) is 1. The molecule has 0 atom stereocenters. The molecule has 0 aliphatic heterocycles. The van der Waals surface area contributed by atoms with Crippen molar-refractivity contribution >= 4 is 10.9 Å². The predicted octanol–water partition coefficient (Wildman–Crippen LogP) is 3.81. The molecular weight excluding hydrogens is 208 g/mol. The Kier molecular flexibility index (Phi) is 2.41. The highest BCUT2D eigenvalue weighted by molar-refractivity contribution is 5.83. The first-order valence-corrected chi connectivity index (χ1v) is 5.14. The predicted molar refractivity (Wildman–Crippen MR) is 60.4 cm³/mol. The summed E-state index contributed by atoms with van der Waals surface area (Å²) in [5, 5.41) is 0.675. The van der Waals surface area contributed by atoms with Crippen LogP contribution in [-0.2, 0) is 5.41 Å². The van der Waals surface area contributed by atoms with Gasteiger partial charge in [0.15, 0.2) is 11.6 Å². The molecule has 0 bridgehead atoms. The SMILES string of the molecule is CC(C)(C)c1ccnc2cc(F)c(F)cc12. The Balaban J connectivity index is 2.82. The lowest BCUT2D eigenvalue weighted by Gasteiger charge is -2.20. The molecule has 0 fully saturated rings. The van der Waals surface area contributed by atoms with Gasteiger partial charge in [0.1, 0.15) is 0 Å². The molecule has 0 unspecified atom stereocenters. The number of pyridine rings is 1. The summed E-state index contributed by atoms with van der Waals surface area (Å²) >= 11 is 0. The molecule has 1 heterocycles. The zero-order valence-corrected chi connectivity index (χ0v) is 9.51. The molecule has 16 heavy (non-hydrogen) atoms. The molecule has 0 amide bonds. The molecule has 1 aromatic heterocycles. The highest BCUT2D eigenvalue weighted by Crippen LogP contribution is 2.29. The highest BCUT2D eigenvalue weighted by atomic mass is 19.2. The number of benzene rings is 1. The second-order valence-electron chi connectivity index (χ2n) is 4.89. The summed E-state index contributed by atoms with van der Waals surface area (Å²) in [6.07, 6.45) is 1.63. The average molecular weight is 221 g/mol. The molecule has 0 radical (unpaired) electrons. The van der Waals surface area contributed by atoms with Gasteiger partial charge in [-0.25, -0.2) is 8.78 Å². The molecule has 0 N–H and O–H groups in total. The molecule has 3 heteroatoms. The van der Waals surface area contributed by atoms with Gasteiger partial charge in [-0.3, -0.25) is 4.98 Å². The normalized spacial score (nSPS) is 12.1. The van der Waals surface area contributed by atoms with Gasteiger partial charge in [0.2, 0.25) is 0 Å². The van der Waals surface area contributed by atoms with Crippen LogP contribution < -0.4 is 0 Å². The van der Waals surface area contributed by atoms with Gasteiger partial charge in [-0.15, -0.1) is 0 Å². The van der Waals surface area contributed by atoms with Crippen LogP contribution in [0.15, 0.2) is 24.4 Å². The Morgan fingerprint density at radius 2 is 1.69 bits per heavy atom. The Morgan fingerprint density at radius 3 is 2.31 bits per heavy atom. The van der Waals surface area contributed by atoms with Crippen molar-refractivity contribution in [3.05, 3.63) is 41.6 Å². The zero-order chi connectivity index (χ0) is 11.9. The lowest BCUT2D eigenvalue weighted by molar-refractivity contribution is 0.510. The first-order valence-electron chi connectivity index (χ1n) is 5.14. The zero-order valence-electron chi connectivity index (χ0n) is 9.51. The number of hydrogen-bond donors (Lipinski definition) is 0. The summed E-state index contributed by atoms with van der Waals surface area (Å²) in [6.45, 7) is 6.09. The van der Waals surface area contributed by atoms with E-state index >= 15 is 0 Å². The van der Waals surface area contributed by atoms with Crippen LogP contribution in [0.25, 0.3) is 10.9 Å². The fraction of sp³-hybridized carbons (Fsp3) is 0.308. The molecule has 2 rings (SSSR count). The third-order valence-corrected chi connectivity index (χ3v) is 2.59. The number of halogens is 2. The summed E-state index contributed by atoms with van der Waals surface area (Å²) in [7, 11) is 0. The standard InChI is InChI=1S/C13H13F2N/c1-13(2,3)9-4-5-16-12-7-11(15)10(14)6-8(9)12/h4-7H,1-3H3. The molecular formula is C13H13F2N. The quantitative estimate of drug-likeness (QED) is 0.659. The fourth-order valence-corrected chi connectivity index (χ4v) is 1.79. The van der Waals surface area contributed by atoms with E-state index in [4.69, 9.17) is 0 Å². The molecule has 0 aliphatic carbocycles. The van der Waals surface area contributed by atoms with E-state index < -0.39 is 11.6 Å². The van der Waals surface area contributed by atoms with E-state index in [0.717, 1.165) is 11.6 Å². The van der Waals surface area contributed by atoms with Gasteiger partial charge >= 0.3 is 0 Å². The fourth-order valence-electron chi connectivity index (χ4n) is 1.79. The number of rotatable bonds is 0. The van der Waals surface area contributed by atoms with E-state index in [1.807, 2.05) is 26.8 Å². The molecule has 0 saturated heterocycles. The molecule has 0 saturated carbocycles. The second-order valence-corrected chi connectivity index (χ2v) is 4.89. The van der Waals surface area contributed by atoms with Gasteiger partial charge in [-0.1, -0.05) is 20.8 Å². The first kappa shape index (κ1) is 11.0. The largest absolute Gasteiger partial charge is 0.256 e. The van der Waals surface area contributed by atoms with Gasteiger partial charge in [0.05, 0.1) is 5.52 Å². The minimum atomic E-state index is -0.856. The van der Waals surface area contributed by atoms with Crippen molar-refractivity contribution in [2.75, 3.05) is 0 Å². The lowest BCUT2D eigenvalue weighted by Crippen LogP contribution is -2.12. The van der Waals surface area contributed by atoms with Crippen LogP contribution in [0, 0.1) is 11.6 Å². The Labute approximate surface area is 93.1 Å². The van der Waals surface area contributed by atoms with E-state index in [2.05, 4.69) is 4.98 Å². The molecule has 2 aromatic rings. The lowest BCUT2D eigenvalue weighted by atomic mass is 9.85. The Bertz CT molecular complexity index is 541. The van der Waals surface area contributed by atoms with Crippen LogP contribution in [0.2, 0.25) is 0 Å². The van der Waals surface area contributed by atoms with Gasteiger partial charge in [-0.05, 0) is 23.1 Å². The van der Waals surface area contributed by atoms with Crippen molar-refractivity contribution < 1.29 is 8.78 Å². The number of fused-ring (bicyclic) bond motifs is 1. The Hall–Kier alpha value is -1.51. The van der Waals surface area contributed by atoms with Crippen LogP contribution in [0.5, 0.6) is 0 Å². The maximum absolute atomic E-state index is 13.2. The van der Waals surface area contributed by atoms with Crippen molar-refractivity contribution in [1.82, 2.24) is 4.98 Å². The highest BCUT2D eigenvalue weighted by Gasteiger charge is 2.18. The molecule has 84 valence electrons. The third-order valence-electron chi connectivity index (χ3n) is 2.59. The van der Waals surface area contributed by atoms with Crippen molar-refractivity contribution in [1.29, 1.82) is 0 Å². The minimum absolute atomic E-state index is 0.120. The number of nitrogens with zero attached hydrogens (tertiary/aromatic N) is 1. The summed E-state index contributed by atoms with van der Waals surface area (Å²) in [5.74, 6) is -1.68. The summed E-state index contributed by atoms with van der Waals surface area (Å²) < 4.78 is 26.3. The number of aromatic nitrogens is 1. The smallest absolute Gasteiger partial charge is 0.161 e. The van der Waals surface area contributed by atoms with Crippen molar-refractivity contribution in [3.63, 3.8) is 0 Å². The van der Waals surface area contributed by atoms with Gasteiger partial charge in [-0.2, -0.15) is 0 Å². The van der Waals surface area contributed by atoms with Crippen LogP contribution in [0.1, 0.15) is 26.3 Å². The molecule has 0 aliphatic rings. The molecule has 1 aromatic carbocycles. The monoisotopic (exact) mass is 221 g/mol. The van der Waals surface area contributed by atoms with E-state index in [9.17, 15) is 8.78 Å². The third kappa shape index (κ3) is 1.77. The van der Waals surface area contributed by atoms with Gasteiger partial charge in [0.25, 0.3) is 0 Å². The average Bonchev–Trinajstić information content (AvgIpc) is 2.17. The van der Waals surface area contributed by atoms with Gasteiger partial charge < -0.3 is 0 Å². The van der Waals surface area contributed by atoms with Crippen LogP contribution >= 0.6 is 0 Å². The van der Waals surface area contributed by atoms with Crippen LogP contribution in [0.3, 0.4) is 0 Å². The van der Waals surface area contributed by atoms with E-state index in [1.54, 1.807) is 6.20 Å². The van der Waals surface area contributed by atoms with Gasteiger partial charge in [0, 0.05) is 17.6 Å². The summed E-state index contributed by atoms with van der Waals surface area (Å²) in [6, 6.07) is 4.21. The summed E-state index contributed by atoms with van der Waals surface area (Å²) in [4.78, 5) is 4.05. The van der Waals surface area contributed by atoms with Crippen molar-refractivity contribution in [3.8, 4) is 0 Å². The molecule has 1 nitrogen and oxygen atoms in total. The topological polar surface area (TPSA) is 12.9 Å². The maximum Gasteiger partial charge on any atom is 0.161 e. The van der Waals surface area contributed by atoms with E-state index in [1.165, 1.54) is 6.07 Å². The van der Waals surface area contributed by atoms with E-state index in [-0.39, 0.29) is 5.41 Å². The van der Waals surface area contributed by atoms with Crippen LogP contribution in [0.4, 0.5) is 8.78 Å².